The fraction of sp³-hybridized carbons (Fsp3) is 0.900. The molecule has 2 unspecified atom stereocenters. The zero-order valence-corrected chi connectivity index (χ0v) is 7.75. The predicted molar refractivity (Wildman–Crippen MR) is 47.7 cm³/mol. The first kappa shape index (κ1) is 9.54. The van der Waals surface area contributed by atoms with Gasteiger partial charge in [-0.1, -0.05) is 26.2 Å². The Morgan fingerprint density at radius 3 is 2.83 bits per heavy atom. The fourth-order valence-electron chi connectivity index (χ4n) is 1.64. The number of nitrogens with zero attached hydrogens (tertiary/aromatic N) is 1. The van der Waals surface area contributed by atoms with E-state index in [1.54, 1.807) is 0 Å². The van der Waals surface area contributed by atoms with E-state index in [0.717, 1.165) is 19.3 Å². The van der Waals surface area contributed by atoms with E-state index in [0.29, 0.717) is 6.10 Å². The number of nitriles is 1. The van der Waals surface area contributed by atoms with Crippen LogP contribution in [0.25, 0.3) is 0 Å². The molecular weight excluding hydrogens is 150 g/mol. The first-order valence-corrected chi connectivity index (χ1v) is 4.92. The minimum absolute atomic E-state index is 0.114. The van der Waals surface area contributed by atoms with Gasteiger partial charge in [0.1, 0.15) is 6.10 Å². The summed E-state index contributed by atoms with van der Waals surface area (Å²) in [5.74, 6) is 0. The molecule has 1 aliphatic rings. The highest BCUT2D eigenvalue weighted by Crippen LogP contribution is 2.23. The van der Waals surface area contributed by atoms with Gasteiger partial charge in [0.15, 0.2) is 0 Å². The van der Waals surface area contributed by atoms with E-state index in [1.165, 1.54) is 19.3 Å². The van der Waals surface area contributed by atoms with Gasteiger partial charge in [0.25, 0.3) is 0 Å². The molecular formula is C10H17NO. The number of rotatable bonds is 4. The normalized spacial score (nSPS) is 28.7. The highest BCUT2D eigenvalue weighted by molar-refractivity contribution is 4.89. The second kappa shape index (κ2) is 5.16. The average Bonchev–Trinajstić information content (AvgIpc) is 2.53. The summed E-state index contributed by atoms with van der Waals surface area (Å²) < 4.78 is 5.50. The van der Waals surface area contributed by atoms with E-state index < -0.39 is 0 Å². The van der Waals surface area contributed by atoms with Crippen molar-refractivity contribution in [3.8, 4) is 6.07 Å². The third kappa shape index (κ3) is 2.83. The van der Waals surface area contributed by atoms with Crippen LogP contribution in [0.15, 0.2) is 0 Å². The summed E-state index contributed by atoms with van der Waals surface area (Å²) in [5.41, 5.74) is 0. The van der Waals surface area contributed by atoms with E-state index in [1.807, 2.05) is 0 Å². The van der Waals surface area contributed by atoms with Crippen LogP contribution in [0.3, 0.4) is 0 Å². The quantitative estimate of drug-likeness (QED) is 0.603. The first-order chi connectivity index (χ1) is 5.86. The maximum Gasteiger partial charge on any atom is 0.144 e. The first-order valence-electron chi connectivity index (χ1n) is 4.92. The monoisotopic (exact) mass is 167 g/mol. The molecule has 0 saturated carbocycles. The van der Waals surface area contributed by atoms with Crippen molar-refractivity contribution < 1.29 is 4.74 Å². The zero-order valence-electron chi connectivity index (χ0n) is 7.75. The average molecular weight is 167 g/mol. The largest absolute Gasteiger partial charge is 0.360 e. The van der Waals surface area contributed by atoms with E-state index >= 15 is 0 Å². The van der Waals surface area contributed by atoms with Gasteiger partial charge in [-0.05, 0) is 19.3 Å². The lowest BCUT2D eigenvalue weighted by Crippen LogP contribution is -2.08. The molecule has 1 rings (SSSR count). The maximum absolute atomic E-state index is 8.58. The van der Waals surface area contributed by atoms with Crippen molar-refractivity contribution >= 4 is 0 Å². The summed E-state index contributed by atoms with van der Waals surface area (Å²) in [4.78, 5) is 0. The van der Waals surface area contributed by atoms with E-state index in [-0.39, 0.29) is 6.10 Å². The summed E-state index contributed by atoms with van der Waals surface area (Å²) in [6.45, 7) is 2.20. The lowest BCUT2D eigenvalue weighted by atomic mass is 10.1. The van der Waals surface area contributed by atoms with Crippen molar-refractivity contribution in [1.29, 1.82) is 5.26 Å². The van der Waals surface area contributed by atoms with Gasteiger partial charge in [-0.15, -0.1) is 0 Å². The summed E-state index contributed by atoms with van der Waals surface area (Å²) in [5, 5.41) is 8.58. The molecule has 1 saturated heterocycles. The van der Waals surface area contributed by atoms with Gasteiger partial charge >= 0.3 is 0 Å². The molecule has 0 radical (unpaired) electrons. The van der Waals surface area contributed by atoms with Crippen LogP contribution in [0.4, 0.5) is 0 Å². The second-order valence-electron chi connectivity index (χ2n) is 3.45. The van der Waals surface area contributed by atoms with Crippen molar-refractivity contribution in [3.05, 3.63) is 0 Å². The van der Waals surface area contributed by atoms with Crippen LogP contribution >= 0.6 is 0 Å². The van der Waals surface area contributed by atoms with E-state index in [4.69, 9.17) is 10.00 Å². The minimum Gasteiger partial charge on any atom is -0.360 e. The van der Waals surface area contributed by atoms with E-state index in [2.05, 4.69) is 13.0 Å². The molecule has 1 aliphatic heterocycles. The van der Waals surface area contributed by atoms with Gasteiger partial charge in [-0.25, -0.2) is 0 Å². The van der Waals surface area contributed by atoms with Crippen LogP contribution < -0.4 is 0 Å². The SMILES string of the molecule is CCCCCC1CCC(C#N)O1. The third-order valence-electron chi connectivity index (χ3n) is 2.38. The Hall–Kier alpha value is -0.550. The predicted octanol–water partition coefficient (Wildman–Crippen LogP) is 2.64. The van der Waals surface area contributed by atoms with Gasteiger partial charge in [-0.2, -0.15) is 5.26 Å². The summed E-state index contributed by atoms with van der Waals surface area (Å²) in [7, 11) is 0. The van der Waals surface area contributed by atoms with Crippen LogP contribution in [-0.4, -0.2) is 12.2 Å². The molecule has 0 N–H and O–H groups in total. The Labute approximate surface area is 74.5 Å². The number of hydrogen-bond donors (Lipinski definition) is 0. The molecule has 0 aromatic heterocycles. The van der Waals surface area contributed by atoms with Crippen LogP contribution in [-0.2, 0) is 4.74 Å². The molecule has 0 spiro atoms. The molecule has 1 fully saturated rings. The van der Waals surface area contributed by atoms with Crippen molar-refractivity contribution in [2.75, 3.05) is 0 Å². The fourth-order valence-corrected chi connectivity index (χ4v) is 1.64. The molecule has 2 atom stereocenters. The molecule has 2 heteroatoms. The topological polar surface area (TPSA) is 33.0 Å². The van der Waals surface area contributed by atoms with Gasteiger partial charge in [0, 0.05) is 0 Å². The molecule has 1 heterocycles. The minimum atomic E-state index is -0.114. The molecule has 0 bridgehead atoms. The third-order valence-corrected chi connectivity index (χ3v) is 2.38. The molecule has 2 nitrogen and oxygen atoms in total. The zero-order chi connectivity index (χ0) is 8.81. The Kier molecular flexibility index (Phi) is 4.10. The number of hydrogen-bond acceptors (Lipinski definition) is 2. The van der Waals surface area contributed by atoms with Crippen molar-refractivity contribution in [1.82, 2.24) is 0 Å². The van der Waals surface area contributed by atoms with Gasteiger partial charge in [-0.3, -0.25) is 0 Å². The molecule has 0 aromatic rings. The van der Waals surface area contributed by atoms with Crippen LogP contribution in [0, 0.1) is 11.3 Å². The second-order valence-corrected chi connectivity index (χ2v) is 3.45. The van der Waals surface area contributed by atoms with E-state index in [9.17, 15) is 0 Å². The Bertz CT molecular complexity index is 162. The lowest BCUT2D eigenvalue weighted by Gasteiger charge is -2.08. The van der Waals surface area contributed by atoms with Crippen LogP contribution in [0.5, 0.6) is 0 Å². The van der Waals surface area contributed by atoms with Crippen molar-refractivity contribution in [3.63, 3.8) is 0 Å². The van der Waals surface area contributed by atoms with Gasteiger partial charge < -0.3 is 4.74 Å². The summed E-state index contributed by atoms with van der Waals surface area (Å²) >= 11 is 0. The molecule has 0 aliphatic carbocycles. The van der Waals surface area contributed by atoms with Crippen molar-refractivity contribution in [2.45, 2.75) is 57.7 Å². The summed E-state index contributed by atoms with van der Waals surface area (Å²) in [6, 6.07) is 2.16. The number of ether oxygens (including phenoxy) is 1. The lowest BCUT2D eigenvalue weighted by molar-refractivity contribution is 0.0677. The highest BCUT2D eigenvalue weighted by Gasteiger charge is 2.23. The van der Waals surface area contributed by atoms with Crippen LogP contribution in [0.1, 0.15) is 45.4 Å². The molecule has 12 heavy (non-hydrogen) atoms. The molecule has 68 valence electrons. The Morgan fingerprint density at radius 2 is 2.25 bits per heavy atom. The highest BCUT2D eigenvalue weighted by atomic mass is 16.5. The smallest absolute Gasteiger partial charge is 0.144 e. The standard InChI is InChI=1S/C10H17NO/c1-2-3-4-5-9-6-7-10(8-11)12-9/h9-10H,2-7H2,1H3. The molecule has 0 amide bonds. The van der Waals surface area contributed by atoms with Gasteiger partial charge in [0.2, 0.25) is 0 Å². The van der Waals surface area contributed by atoms with Gasteiger partial charge in [0.05, 0.1) is 12.2 Å². The summed E-state index contributed by atoms with van der Waals surface area (Å²) in [6.07, 6.45) is 7.23. The molecule has 0 aromatic carbocycles. The number of unbranched alkanes of at least 4 members (excludes halogenated alkanes) is 2. The van der Waals surface area contributed by atoms with Crippen LogP contribution in [0.2, 0.25) is 0 Å². The Morgan fingerprint density at radius 1 is 1.42 bits per heavy atom. The maximum atomic E-state index is 8.58. The Balaban J connectivity index is 2.08. The van der Waals surface area contributed by atoms with Crippen molar-refractivity contribution in [2.24, 2.45) is 0 Å².